The Hall–Kier alpha value is -2.14. The molecule has 1 aromatic heterocycles. The van der Waals surface area contributed by atoms with Crippen molar-refractivity contribution in [2.45, 2.75) is 51.5 Å². The lowest BCUT2D eigenvalue weighted by molar-refractivity contribution is -0.117. The summed E-state index contributed by atoms with van der Waals surface area (Å²) in [6.07, 6.45) is 5.47. The Morgan fingerprint density at radius 3 is 2.67 bits per heavy atom. The molecule has 5 nitrogen and oxygen atoms in total. The Kier molecular flexibility index (Phi) is 5.00. The van der Waals surface area contributed by atoms with Crippen molar-refractivity contribution in [1.29, 1.82) is 0 Å². The second-order valence-electron chi connectivity index (χ2n) is 6.91. The minimum Gasteiger partial charge on any atom is -0.441 e. The van der Waals surface area contributed by atoms with Crippen LogP contribution in [0.1, 0.15) is 51.2 Å². The highest BCUT2D eigenvalue weighted by molar-refractivity contribution is 5.91. The molecule has 128 valence electrons. The van der Waals surface area contributed by atoms with Crippen LogP contribution in [0.25, 0.3) is 11.5 Å². The first-order valence-corrected chi connectivity index (χ1v) is 8.64. The number of anilines is 1. The van der Waals surface area contributed by atoms with Crippen LogP contribution in [0, 0.1) is 5.92 Å². The second-order valence-corrected chi connectivity index (χ2v) is 6.91. The zero-order valence-corrected chi connectivity index (χ0v) is 14.3. The minimum atomic E-state index is 0.0308. The average molecular weight is 327 g/mol. The van der Waals surface area contributed by atoms with Gasteiger partial charge in [0, 0.05) is 29.6 Å². The Balaban J connectivity index is 1.60. The molecular formula is C19H25N3O2. The molecule has 5 heteroatoms. The minimum absolute atomic E-state index is 0.0308. The molecule has 1 fully saturated rings. The van der Waals surface area contributed by atoms with E-state index >= 15 is 0 Å². The third-order valence-corrected chi connectivity index (χ3v) is 4.67. The Morgan fingerprint density at radius 1 is 1.33 bits per heavy atom. The monoisotopic (exact) mass is 327 g/mol. The largest absolute Gasteiger partial charge is 0.441 e. The average Bonchev–Trinajstić information content (AvgIpc) is 3.18. The summed E-state index contributed by atoms with van der Waals surface area (Å²) >= 11 is 0. The number of hydrogen-bond donors (Lipinski definition) is 2. The first kappa shape index (κ1) is 16.7. The normalized spacial score (nSPS) is 20.5. The van der Waals surface area contributed by atoms with Crippen LogP contribution in [-0.4, -0.2) is 16.9 Å². The summed E-state index contributed by atoms with van der Waals surface area (Å²) in [5.74, 6) is 2.13. The standard InChI is InChI=1S/C19H25N3O2/c1-12(2)17-11-21-19(24-17)13-6-8-15(9-7-13)22-18(23)10-14-4-3-5-16(14)20/h6-9,11-12,14,16H,3-5,10,20H2,1-2H3,(H,22,23)/t14-,16+/m0/s1. The van der Waals surface area contributed by atoms with Crippen LogP contribution in [0.4, 0.5) is 5.69 Å². The van der Waals surface area contributed by atoms with Crippen molar-refractivity contribution >= 4 is 11.6 Å². The lowest BCUT2D eigenvalue weighted by Gasteiger charge is -2.14. The molecule has 0 spiro atoms. The van der Waals surface area contributed by atoms with Crippen LogP contribution >= 0.6 is 0 Å². The zero-order chi connectivity index (χ0) is 17.1. The third-order valence-electron chi connectivity index (χ3n) is 4.67. The number of benzene rings is 1. The Bertz CT molecular complexity index is 691. The van der Waals surface area contributed by atoms with Crippen LogP contribution < -0.4 is 11.1 Å². The number of carbonyl (C=O) groups excluding carboxylic acids is 1. The van der Waals surface area contributed by atoms with Crippen molar-refractivity contribution in [2.24, 2.45) is 11.7 Å². The Labute approximate surface area is 142 Å². The molecule has 2 aromatic rings. The van der Waals surface area contributed by atoms with E-state index in [4.69, 9.17) is 10.2 Å². The molecule has 1 heterocycles. The van der Waals surface area contributed by atoms with E-state index in [1.54, 1.807) is 6.20 Å². The number of carbonyl (C=O) groups is 1. The van der Waals surface area contributed by atoms with E-state index in [-0.39, 0.29) is 11.9 Å². The number of hydrogen-bond acceptors (Lipinski definition) is 4. The highest BCUT2D eigenvalue weighted by Crippen LogP contribution is 2.28. The van der Waals surface area contributed by atoms with Crippen LogP contribution in [0.2, 0.25) is 0 Å². The zero-order valence-electron chi connectivity index (χ0n) is 14.3. The summed E-state index contributed by atoms with van der Waals surface area (Å²) in [7, 11) is 0. The molecular weight excluding hydrogens is 302 g/mol. The van der Waals surface area contributed by atoms with E-state index in [1.807, 2.05) is 24.3 Å². The van der Waals surface area contributed by atoms with E-state index in [1.165, 1.54) is 0 Å². The quantitative estimate of drug-likeness (QED) is 0.872. The second kappa shape index (κ2) is 7.18. The maximum absolute atomic E-state index is 12.1. The van der Waals surface area contributed by atoms with Gasteiger partial charge in [0.2, 0.25) is 11.8 Å². The van der Waals surface area contributed by atoms with Crippen LogP contribution in [0.15, 0.2) is 34.9 Å². The number of oxazole rings is 1. The number of nitrogens with one attached hydrogen (secondary N) is 1. The molecule has 3 rings (SSSR count). The van der Waals surface area contributed by atoms with E-state index in [0.717, 1.165) is 36.3 Å². The fourth-order valence-electron chi connectivity index (χ4n) is 3.15. The van der Waals surface area contributed by atoms with Crippen molar-refractivity contribution in [3.8, 4) is 11.5 Å². The smallest absolute Gasteiger partial charge is 0.226 e. The molecule has 0 aliphatic heterocycles. The van der Waals surface area contributed by atoms with Gasteiger partial charge in [0.1, 0.15) is 5.76 Å². The summed E-state index contributed by atoms with van der Waals surface area (Å²) in [6, 6.07) is 7.74. The van der Waals surface area contributed by atoms with Crippen molar-refractivity contribution in [3.63, 3.8) is 0 Å². The van der Waals surface area contributed by atoms with Gasteiger partial charge in [-0.25, -0.2) is 4.98 Å². The van der Waals surface area contributed by atoms with Crippen molar-refractivity contribution < 1.29 is 9.21 Å². The molecule has 1 aliphatic rings. The molecule has 3 N–H and O–H groups in total. The van der Waals surface area contributed by atoms with Crippen LogP contribution in [0.5, 0.6) is 0 Å². The summed E-state index contributed by atoms with van der Waals surface area (Å²) in [5, 5.41) is 2.95. The molecule has 0 bridgehead atoms. The molecule has 1 aliphatic carbocycles. The van der Waals surface area contributed by atoms with E-state index in [9.17, 15) is 4.79 Å². The lowest BCUT2D eigenvalue weighted by Crippen LogP contribution is -2.28. The van der Waals surface area contributed by atoms with E-state index in [0.29, 0.717) is 24.1 Å². The fourth-order valence-corrected chi connectivity index (χ4v) is 3.15. The van der Waals surface area contributed by atoms with Crippen LogP contribution in [0.3, 0.4) is 0 Å². The molecule has 1 aromatic carbocycles. The molecule has 1 saturated carbocycles. The molecule has 1 amide bonds. The number of amides is 1. The van der Waals surface area contributed by atoms with Gasteiger partial charge in [0.25, 0.3) is 0 Å². The SMILES string of the molecule is CC(C)c1cnc(-c2ccc(NC(=O)C[C@@H]3CCC[C@H]3N)cc2)o1. The van der Waals surface area contributed by atoms with Crippen LogP contribution in [-0.2, 0) is 4.79 Å². The Morgan fingerprint density at radius 2 is 2.08 bits per heavy atom. The first-order chi connectivity index (χ1) is 11.5. The summed E-state index contributed by atoms with van der Waals surface area (Å²) in [4.78, 5) is 16.5. The predicted molar refractivity (Wildman–Crippen MR) is 94.6 cm³/mol. The van der Waals surface area contributed by atoms with Gasteiger partial charge in [0.15, 0.2) is 0 Å². The van der Waals surface area contributed by atoms with Gasteiger partial charge in [-0.3, -0.25) is 4.79 Å². The van der Waals surface area contributed by atoms with E-state index < -0.39 is 0 Å². The molecule has 0 unspecified atom stereocenters. The number of nitrogens with two attached hydrogens (primary N) is 1. The van der Waals surface area contributed by atoms with Gasteiger partial charge in [0.05, 0.1) is 6.20 Å². The molecule has 2 atom stereocenters. The van der Waals surface area contributed by atoms with Crippen molar-refractivity contribution in [2.75, 3.05) is 5.32 Å². The topological polar surface area (TPSA) is 81.2 Å². The summed E-state index contributed by atoms with van der Waals surface area (Å²) < 4.78 is 5.74. The lowest BCUT2D eigenvalue weighted by atomic mass is 10.00. The van der Waals surface area contributed by atoms with Gasteiger partial charge in [-0.15, -0.1) is 0 Å². The molecule has 24 heavy (non-hydrogen) atoms. The molecule has 0 saturated heterocycles. The number of nitrogens with zero attached hydrogens (tertiary/aromatic N) is 1. The van der Waals surface area contributed by atoms with Gasteiger partial charge >= 0.3 is 0 Å². The fraction of sp³-hybridized carbons (Fsp3) is 0.474. The third kappa shape index (κ3) is 3.85. The van der Waals surface area contributed by atoms with E-state index in [2.05, 4.69) is 24.1 Å². The van der Waals surface area contributed by atoms with Crippen molar-refractivity contribution in [1.82, 2.24) is 4.98 Å². The summed E-state index contributed by atoms with van der Waals surface area (Å²) in [5.41, 5.74) is 7.71. The molecule has 0 radical (unpaired) electrons. The van der Waals surface area contributed by atoms with Gasteiger partial charge in [-0.05, 0) is 43.0 Å². The maximum atomic E-state index is 12.1. The predicted octanol–water partition coefficient (Wildman–Crippen LogP) is 3.92. The van der Waals surface area contributed by atoms with Gasteiger partial charge in [-0.1, -0.05) is 20.3 Å². The first-order valence-electron chi connectivity index (χ1n) is 8.64. The maximum Gasteiger partial charge on any atom is 0.226 e. The van der Waals surface area contributed by atoms with Crippen molar-refractivity contribution in [3.05, 3.63) is 36.2 Å². The van der Waals surface area contributed by atoms with Gasteiger partial charge < -0.3 is 15.5 Å². The van der Waals surface area contributed by atoms with Gasteiger partial charge in [-0.2, -0.15) is 0 Å². The number of aromatic nitrogens is 1. The highest BCUT2D eigenvalue weighted by atomic mass is 16.4. The highest BCUT2D eigenvalue weighted by Gasteiger charge is 2.26. The number of rotatable bonds is 5. The summed E-state index contributed by atoms with van der Waals surface area (Å²) in [6.45, 7) is 4.14.